The minimum atomic E-state index is -0.531. The van der Waals surface area contributed by atoms with Crippen molar-refractivity contribution in [2.75, 3.05) is 24.6 Å². The highest BCUT2D eigenvalue weighted by Crippen LogP contribution is 2.25. The summed E-state index contributed by atoms with van der Waals surface area (Å²) in [4.78, 5) is 29.2. The number of hydrogen-bond donors (Lipinski definition) is 1. The van der Waals surface area contributed by atoms with E-state index in [2.05, 4.69) is 20.5 Å². The average Bonchev–Trinajstić information content (AvgIpc) is 3.30. The van der Waals surface area contributed by atoms with Gasteiger partial charge in [0.15, 0.2) is 5.82 Å². The quantitative estimate of drug-likeness (QED) is 0.717. The zero-order valence-corrected chi connectivity index (χ0v) is 15.1. The van der Waals surface area contributed by atoms with Crippen LogP contribution < -0.4 is 10.2 Å². The average molecular weight is 382 g/mol. The van der Waals surface area contributed by atoms with Crippen LogP contribution in [-0.4, -0.2) is 57.6 Å². The maximum Gasteiger partial charge on any atom is 0.414 e. The number of nitrogens with one attached hydrogen (secondary N) is 1. The number of nitrogens with zero attached hydrogens (tertiary/aromatic N) is 5. The fourth-order valence-corrected chi connectivity index (χ4v) is 2.95. The molecule has 1 aliphatic rings. The van der Waals surface area contributed by atoms with Crippen LogP contribution in [0.4, 0.5) is 15.3 Å². The molecule has 1 aliphatic heterocycles. The topological polar surface area (TPSA) is 111 Å². The Balaban J connectivity index is 1.45. The van der Waals surface area contributed by atoms with Crippen LogP contribution >= 0.6 is 0 Å². The fraction of sp³-hybridized carbons (Fsp3) is 0.278. The molecule has 1 aromatic carbocycles. The van der Waals surface area contributed by atoms with Gasteiger partial charge in [0.25, 0.3) is 5.78 Å². The summed E-state index contributed by atoms with van der Waals surface area (Å²) in [5.74, 6) is 1.18. The van der Waals surface area contributed by atoms with Crippen molar-refractivity contribution in [3.8, 4) is 11.4 Å². The van der Waals surface area contributed by atoms with E-state index in [0.717, 1.165) is 5.56 Å². The molecule has 10 nitrogen and oxygen atoms in total. The highest BCUT2D eigenvalue weighted by molar-refractivity contribution is 5.90. The molecule has 0 bridgehead atoms. The van der Waals surface area contributed by atoms with E-state index in [1.54, 1.807) is 23.6 Å². The molecule has 0 saturated carbocycles. The molecule has 0 radical (unpaired) electrons. The Hall–Kier alpha value is -3.69. The van der Waals surface area contributed by atoms with Crippen molar-refractivity contribution in [1.82, 2.24) is 24.9 Å². The second-order valence-electron chi connectivity index (χ2n) is 6.08. The molecule has 2 aromatic heterocycles. The minimum Gasteiger partial charge on any atom is -0.450 e. The van der Waals surface area contributed by atoms with Gasteiger partial charge < -0.3 is 14.8 Å². The van der Waals surface area contributed by atoms with Gasteiger partial charge >= 0.3 is 12.2 Å². The second-order valence-corrected chi connectivity index (χ2v) is 6.08. The largest absolute Gasteiger partial charge is 0.450 e. The lowest BCUT2D eigenvalue weighted by Crippen LogP contribution is -2.34. The molecule has 2 amide bonds. The number of anilines is 1. The van der Waals surface area contributed by atoms with Gasteiger partial charge in [0.1, 0.15) is 6.10 Å². The Labute approximate surface area is 160 Å². The maximum atomic E-state index is 12.2. The molecule has 144 valence electrons. The van der Waals surface area contributed by atoms with Gasteiger partial charge in [-0.2, -0.15) is 0 Å². The number of aromatic nitrogens is 4. The molecule has 0 aliphatic carbocycles. The summed E-state index contributed by atoms with van der Waals surface area (Å²) in [5, 5.41) is 10.8. The summed E-state index contributed by atoms with van der Waals surface area (Å²) in [6, 6.07) is 9.15. The molecular weight excluding hydrogens is 364 g/mol. The van der Waals surface area contributed by atoms with E-state index in [4.69, 9.17) is 9.47 Å². The molecule has 1 fully saturated rings. The van der Waals surface area contributed by atoms with Gasteiger partial charge in [-0.3, -0.25) is 9.30 Å². The lowest BCUT2D eigenvalue weighted by molar-refractivity contribution is 0.127. The van der Waals surface area contributed by atoms with Gasteiger partial charge in [-0.15, -0.1) is 10.2 Å². The summed E-state index contributed by atoms with van der Waals surface area (Å²) in [6.45, 7) is 2.53. The molecule has 3 heterocycles. The number of carbonyl (C=O) groups is 2. The van der Waals surface area contributed by atoms with E-state index in [0.29, 0.717) is 23.8 Å². The molecular formula is C18H18N6O4. The van der Waals surface area contributed by atoms with Crippen LogP contribution in [0.5, 0.6) is 0 Å². The molecule has 1 saturated heterocycles. The minimum absolute atomic E-state index is 0.192. The van der Waals surface area contributed by atoms with E-state index in [1.807, 2.05) is 30.5 Å². The first-order chi connectivity index (χ1) is 13.7. The highest BCUT2D eigenvalue weighted by atomic mass is 16.6. The Morgan fingerprint density at radius 1 is 1.32 bits per heavy atom. The Morgan fingerprint density at radius 3 is 2.93 bits per heavy atom. The summed E-state index contributed by atoms with van der Waals surface area (Å²) < 4.78 is 11.9. The zero-order valence-electron chi connectivity index (χ0n) is 15.1. The SMILES string of the molecule is CCOC(=O)NC[C@H]1CN(c2ccc(-c3nnc4ncccn34)cc2)C(=O)O1. The number of cyclic esters (lactones) is 1. The van der Waals surface area contributed by atoms with Crippen LogP contribution in [-0.2, 0) is 9.47 Å². The Kier molecular flexibility index (Phi) is 4.75. The zero-order chi connectivity index (χ0) is 19.5. The molecule has 10 heteroatoms. The van der Waals surface area contributed by atoms with Crippen molar-refractivity contribution in [1.29, 1.82) is 0 Å². The van der Waals surface area contributed by atoms with Crippen molar-refractivity contribution in [2.24, 2.45) is 0 Å². The Bertz CT molecular complexity index is 1000. The lowest BCUT2D eigenvalue weighted by Gasteiger charge is -2.13. The summed E-state index contributed by atoms with van der Waals surface area (Å²) >= 11 is 0. The van der Waals surface area contributed by atoms with Gasteiger partial charge in [-0.05, 0) is 37.3 Å². The molecule has 28 heavy (non-hydrogen) atoms. The van der Waals surface area contributed by atoms with Crippen LogP contribution in [0.15, 0.2) is 42.7 Å². The Morgan fingerprint density at radius 2 is 2.14 bits per heavy atom. The monoisotopic (exact) mass is 382 g/mol. The van der Waals surface area contributed by atoms with E-state index in [-0.39, 0.29) is 13.2 Å². The third kappa shape index (κ3) is 3.43. The predicted octanol–water partition coefficient (Wildman–Crippen LogP) is 1.86. The van der Waals surface area contributed by atoms with Gasteiger partial charge in [-0.1, -0.05) is 0 Å². The lowest BCUT2D eigenvalue weighted by atomic mass is 10.2. The summed E-state index contributed by atoms with van der Waals surface area (Å²) in [5.41, 5.74) is 1.54. The smallest absolute Gasteiger partial charge is 0.414 e. The molecule has 1 atom stereocenters. The normalized spacial score (nSPS) is 16.2. The summed E-state index contributed by atoms with van der Waals surface area (Å²) in [6.07, 6.45) is 2.06. The van der Waals surface area contributed by atoms with Crippen molar-refractivity contribution in [3.05, 3.63) is 42.7 Å². The number of carbonyl (C=O) groups excluding carboxylic acids is 2. The number of ether oxygens (including phenoxy) is 2. The van der Waals surface area contributed by atoms with Gasteiger partial charge in [0.2, 0.25) is 0 Å². The fourth-order valence-electron chi connectivity index (χ4n) is 2.95. The van der Waals surface area contributed by atoms with Crippen LogP contribution in [0.25, 0.3) is 17.2 Å². The number of amides is 2. The number of fused-ring (bicyclic) bond motifs is 1. The van der Waals surface area contributed by atoms with Crippen molar-refractivity contribution < 1.29 is 19.1 Å². The molecule has 4 rings (SSSR count). The third-order valence-corrected chi connectivity index (χ3v) is 4.25. The van der Waals surface area contributed by atoms with Gasteiger partial charge in [0, 0.05) is 23.6 Å². The number of rotatable bonds is 5. The number of hydrogen-bond acceptors (Lipinski definition) is 7. The second kappa shape index (κ2) is 7.51. The van der Waals surface area contributed by atoms with E-state index < -0.39 is 18.3 Å². The first-order valence-corrected chi connectivity index (χ1v) is 8.80. The van der Waals surface area contributed by atoms with Gasteiger partial charge in [0.05, 0.1) is 19.7 Å². The molecule has 3 aromatic rings. The number of benzene rings is 1. The van der Waals surface area contributed by atoms with Crippen molar-refractivity contribution in [2.45, 2.75) is 13.0 Å². The van der Waals surface area contributed by atoms with Gasteiger partial charge in [-0.25, -0.2) is 14.6 Å². The summed E-state index contributed by atoms with van der Waals surface area (Å²) in [7, 11) is 0. The highest BCUT2D eigenvalue weighted by Gasteiger charge is 2.32. The standard InChI is InChI=1S/C18H18N6O4/c1-2-27-17(25)20-10-14-11-24(18(26)28-14)13-6-4-12(5-7-13)15-21-22-16-19-8-3-9-23(15)16/h3-9,14H,2,10-11H2,1H3,(H,20,25)/t14-/m0/s1. The van der Waals surface area contributed by atoms with Crippen LogP contribution in [0.2, 0.25) is 0 Å². The molecule has 1 N–H and O–H groups in total. The van der Waals surface area contributed by atoms with E-state index in [9.17, 15) is 9.59 Å². The van der Waals surface area contributed by atoms with Crippen LogP contribution in [0.1, 0.15) is 6.92 Å². The third-order valence-electron chi connectivity index (χ3n) is 4.25. The number of alkyl carbamates (subject to hydrolysis) is 1. The predicted molar refractivity (Wildman–Crippen MR) is 98.9 cm³/mol. The van der Waals surface area contributed by atoms with Crippen molar-refractivity contribution in [3.63, 3.8) is 0 Å². The van der Waals surface area contributed by atoms with Crippen LogP contribution in [0, 0.1) is 0 Å². The first kappa shape index (κ1) is 17.7. The molecule has 0 unspecified atom stereocenters. The van der Waals surface area contributed by atoms with Crippen molar-refractivity contribution >= 4 is 23.7 Å². The van der Waals surface area contributed by atoms with Crippen LogP contribution in [0.3, 0.4) is 0 Å². The first-order valence-electron chi connectivity index (χ1n) is 8.80. The maximum absolute atomic E-state index is 12.2. The van der Waals surface area contributed by atoms with E-state index in [1.165, 1.54) is 4.90 Å². The molecule has 0 spiro atoms. The van der Waals surface area contributed by atoms with E-state index >= 15 is 0 Å².